The Labute approximate surface area is 137 Å². The number of nitrogens with zero attached hydrogens (tertiary/aromatic N) is 1. The number of carbonyl (C=O) groups is 2. The van der Waals surface area contributed by atoms with Gasteiger partial charge in [-0.2, -0.15) is 0 Å². The van der Waals surface area contributed by atoms with Crippen molar-refractivity contribution in [1.82, 2.24) is 4.90 Å². The highest BCUT2D eigenvalue weighted by atomic mass is 35.5. The molecule has 0 saturated carbocycles. The van der Waals surface area contributed by atoms with Crippen molar-refractivity contribution in [3.8, 4) is 0 Å². The Morgan fingerprint density at radius 1 is 1.43 bits per heavy atom. The molecule has 0 aliphatic carbocycles. The van der Waals surface area contributed by atoms with Gasteiger partial charge in [0.15, 0.2) is 16.9 Å². The molecule has 0 bridgehead atoms. The molecule has 1 aromatic carbocycles. The van der Waals surface area contributed by atoms with E-state index in [1.165, 1.54) is 4.90 Å². The van der Waals surface area contributed by atoms with Crippen LogP contribution in [-0.4, -0.2) is 40.5 Å². The summed E-state index contributed by atoms with van der Waals surface area (Å²) in [4.78, 5) is 25.6. The maximum Gasteiger partial charge on any atom is 0.290 e. The highest BCUT2D eigenvalue weighted by Crippen LogP contribution is 2.32. The molecule has 23 heavy (non-hydrogen) atoms. The third-order valence-electron chi connectivity index (χ3n) is 4.33. The largest absolute Gasteiger partial charge is 0.449 e. The number of nitrogens with two attached hydrogens (primary N) is 1. The summed E-state index contributed by atoms with van der Waals surface area (Å²) in [7, 11) is 0. The smallest absolute Gasteiger partial charge is 0.290 e. The van der Waals surface area contributed by atoms with E-state index in [-0.39, 0.29) is 24.6 Å². The van der Waals surface area contributed by atoms with Crippen LogP contribution in [0.15, 0.2) is 22.6 Å². The van der Waals surface area contributed by atoms with Crippen LogP contribution >= 0.6 is 11.6 Å². The Kier molecular flexibility index (Phi) is 3.82. The Morgan fingerprint density at radius 2 is 2.17 bits per heavy atom. The van der Waals surface area contributed by atoms with E-state index in [2.05, 4.69) is 0 Å². The zero-order valence-electron chi connectivity index (χ0n) is 12.6. The third-order valence-corrected chi connectivity index (χ3v) is 4.62. The van der Waals surface area contributed by atoms with Gasteiger partial charge in [-0.25, -0.2) is 0 Å². The van der Waals surface area contributed by atoms with Crippen molar-refractivity contribution in [2.45, 2.75) is 25.4 Å². The van der Waals surface area contributed by atoms with E-state index in [0.29, 0.717) is 29.1 Å². The van der Waals surface area contributed by atoms with Gasteiger partial charge in [0.1, 0.15) is 0 Å². The fraction of sp³-hybridized carbons (Fsp3) is 0.375. The van der Waals surface area contributed by atoms with E-state index < -0.39 is 11.5 Å². The molecule has 6 nitrogen and oxygen atoms in total. The number of aliphatic hydroxyl groups is 1. The van der Waals surface area contributed by atoms with Crippen molar-refractivity contribution in [1.29, 1.82) is 0 Å². The molecule has 1 atom stereocenters. The van der Waals surface area contributed by atoms with Crippen LogP contribution in [0.5, 0.6) is 0 Å². The first-order chi connectivity index (χ1) is 10.8. The molecular weight excluding hydrogens is 320 g/mol. The zero-order valence-corrected chi connectivity index (χ0v) is 13.4. The van der Waals surface area contributed by atoms with Gasteiger partial charge < -0.3 is 20.2 Å². The van der Waals surface area contributed by atoms with Crippen LogP contribution in [0.1, 0.15) is 29.0 Å². The van der Waals surface area contributed by atoms with Crippen LogP contribution < -0.4 is 5.73 Å². The first-order valence-corrected chi connectivity index (χ1v) is 7.70. The second-order valence-electron chi connectivity index (χ2n) is 5.90. The van der Waals surface area contributed by atoms with Gasteiger partial charge >= 0.3 is 0 Å². The zero-order chi connectivity index (χ0) is 16.8. The summed E-state index contributed by atoms with van der Waals surface area (Å²) < 4.78 is 5.65. The lowest BCUT2D eigenvalue weighted by atomic mass is 9.92. The summed E-state index contributed by atoms with van der Waals surface area (Å²) in [6, 6.07) is 5.30. The molecule has 0 spiro atoms. The summed E-state index contributed by atoms with van der Waals surface area (Å²) in [6.45, 7) is 2.07. The average molecular weight is 337 g/mol. The fourth-order valence-corrected chi connectivity index (χ4v) is 3.18. The van der Waals surface area contributed by atoms with Crippen LogP contribution in [-0.2, 0) is 4.79 Å². The molecule has 3 rings (SSSR count). The van der Waals surface area contributed by atoms with Gasteiger partial charge in [-0.3, -0.25) is 9.59 Å². The SMILES string of the molecule is Cc1c(C(=O)N2CCC[C@@](O)(C(N)=O)C2)oc2c(Cl)cccc12. The molecule has 2 aromatic rings. The number of hydrogen-bond acceptors (Lipinski definition) is 4. The van der Waals surface area contributed by atoms with E-state index in [9.17, 15) is 14.7 Å². The average Bonchev–Trinajstić information content (AvgIpc) is 2.85. The van der Waals surface area contributed by atoms with Crippen LogP contribution in [0.4, 0.5) is 0 Å². The molecule has 7 heteroatoms. The number of aryl methyl sites for hydroxylation is 1. The number of primary amides is 1. The number of β-amino-alcohol motifs (C(OH)–C–C–N with tert-alkyl or cyclic N) is 1. The maximum atomic E-state index is 12.7. The predicted molar refractivity (Wildman–Crippen MR) is 85.2 cm³/mol. The van der Waals surface area contributed by atoms with Gasteiger partial charge in [0.25, 0.3) is 11.8 Å². The highest BCUT2D eigenvalue weighted by molar-refractivity contribution is 6.35. The molecule has 3 N–H and O–H groups in total. The number of fused-ring (bicyclic) bond motifs is 1. The van der Waals surface area contributed by atoms with Crippen LogP contribution in [0.25, 0.3) is 11.0 Å². The molecule has 1 aliphatic heterocycles. The molecule has 0 radical (unpaired) electrons. The van der Waals surface area contributed by atoms with E-state index in [0.717, 1.165) is 5.39 Å². The van der Waals surface area contributed by atoms with Crippen LogP contribution in [0, 0.1) is 6.92 Å². The predicted octanol–water partition coefficient (Wildman–Crippen LogP) is 1.85. The number of carbonyl (C=O) groups excluding carboxylic acids is 2. The normalized spacial score (nSPS) is 21.6. The van der Waals surface area contributed by atoms with Crippen molar-refractivity contribution in [3.63, 3.8) is 0 Å². The number of halogens is 1. The summed E-state index contributed by atoms with van der Waals surface area (Å²) in [5.41, 5.74) is 4.69. The minimum Gasteiger partial charge on any atom is -0.449 e. The number of likely N-dealkylation sites (tertiary alicyclic amines) is 1. The molecule has 1 saturated heterocycles. The number of piperidine rings is 1. The minimum atomic E-state index is -1.69. The van der Waals surface area contributed by atoms with E-state index in [4.69, 9.17) is 21.8 Å². The second-order valence-corrected chi connectivity index (χ2v) is 6.31. The van der Waals surface area contributed by atoms with Crippen molar-refractivity contribution in [2.75, 3.05) is 13.1 Å². The minimum absolute atomic E-state index is 0.134. The van der Waals surface area contributed by atoms with Crippen molar-refractivity contribution in [2.24, 2.45) is 5.73 Å². The van der Waals surface area contributed by atoms with E-state index in [1.54, 1.807) is 19.1 Å². The Morgan fingerprint density at radius 3 is 2.83 bits per heavy atom. The molecular formula is C16H17ClN2O4. The van der Waals surface area contributed by atoms with Gasteiger partial charge in [0.2, 0.25) is 0 Å². The van der Waals surface area contributed by atoms with E-state index in [1.807, 2.05) is 6.07 Å². The molecule has 2 amide bonds. The monoisotopic (exact) mass is 336 g/mol. The molecule has 0 unspecified atom stereocenters. The second kappa shape index (κ2) is 5.54. The number of rotatable bonds is 2. The number of hydrogen-bond donors (Lipinski definition) is 2. The van der Waals surface area contributed by atoms with Crippen molar-refractivity contribution < 1.29 is 19.1 Å². The molecule has 1 aliphatic rings. The van der Waals surface area contributed by atoms with Gasteiger partial charge in [0, 0.05) is 17.5 Å². The summed E-state index contributed by atoms with van der Waals surface area (Å²) in [6.07, 6.45) is 0.738. The summed E-state index contributed by atoms with van der Waals surface area (Å²) in [5, 5.41) is 11.4. The van der Waals surface area contributed by atoms with Gasteiger partial charge in [-0.15, -0.1) is 0 Å². The Balaban J connectivity index is 1.96. The molecule has 1 aromatic heterocycles. The van der Waals surface area contributed by atoms with Gasteiger partial charge in [0.05, 0.1) is 11.6 Å². The molecule has 122 valence electrons. The number of benzene rings is 1. The Hall–Kier alpha value is -2.05. The van der Waals surface area contributed by atoms with E-state index >= 15 is 0 Å². The van der Waals surface area contributed by atoms with Crippen molar-refractivity contribution >= 4 is 34.4 Å². The lowest BCUT2D eigenvalue weighted by Gasteiger charge is -2.36. The van der Waals surface area contributed by atoms with Crippen LogP contribution in [0.2, 0.25) is 5.02 Å². The van der Waals surface area contributed by atoms with Crippen molar-refractivity contribution in [3.05, 3.63) is 34.5 Å². The standard InChI is InChI=1S/C16H17ClN2O4/c1-9-10-4-2-5-11(17)13(10)23-12(9)14(20)19-7-3-6-16(22,8-19)15(18)21/h2,4-5,22H,3,6-8H2,1H3,(H2,18,21)/t16-/m0/s1. The topological polar surface area (TPSA) is 96.8 Å². The summed E-state index contributed by atoms with van der Waals surface area (Å²) in [5.74, 6) is -1.03. The first-order valence-electron chi connectivity index (χ1n) is 7.32. The lowest BCUT2D eigenvalue weighted by molar-refractivity contribution is -0.140. The highest BCUT2D eigenvalue weighted by Gasteiger charge is 2.41. The number of furan rings is 1. The molecule has 2 heterocycles. The number of amides is 2. The van der Waals surface area contributed by atoms with Gasteiger partial charge in [-0.05, 0) is 25.8 Å². The summed E-state index contributed by atoms with van der Waals surface area (Å²) >= 11 is 6.10. The Bertz CT molecular complexity index is 801. The number of para-hydroxylation sites is 1. The maximum absolute atomic E-state index is 12.7. The lowest BCUT2D eigenvalue weighted by Crippen LogP contribution is -2.57. The van der Waals surface area contributed by atoms with Crippen LogP contribution in [0.3, 0.4) is 0 Å². The fourth-order valence-electron chi connectivity index (χ4n) is 2.97. The first kappa shape index (κ1) is 15.8. The quantitative estimate of drug-likeness (QED) is 0.874. The van der Waals surface area contributed by atoms with Gasteiger partial charge in [-0.1, -0.05) is 23.7 Å². The molecule has 1 fully saturated rings. The third kappa shape index (κ3) is 2.58.